The summed E-state index contributed by atoms with van der Waals surface area (Å²) >= 11 is 0. The Morgan fingerprint density at radius 1 is 1.47 bits per heavy atom. The lowest BCUT2D eigenvalue weighted by molar-refractivity contribution is 0.316. The van der Waals surface area contributed by atoms with Crippen LogP contribution in [0.1, 0.15) is 25.8 Å². The lowest BCUT2D eigenvalue weighted by Crippen LogP contribution is -1.99. The third-order valence-electron chi connectivity index (χ3n) is 2.00. The van der Waals surface area contributed by atoms with E-state index in [4.69, 9.17) is 9.94 Å². The molecule has 1 aromatic rings. The molecule has 1 aromatic carbocycles. The maximum atomic E-state index is 8.56. The molecule has 0 heterocycles. The van der Waals surface area contributed by atoms with E-state index in [1.807, 2.05) is 24.3 Å². The number of ether oxygens (including phenoxy) is 1. The summed E-state index contributed by atoms with van der Waals surface area (Å²) in [6, 6.07) is 7.85. The van der Waals surface area contributed by atoms with Gasteiger partial charge in [0.15, 0.2) is 0 Å². The number of oxime groups is 1. The number of rotatable bonds is 5. The molecule has 0 saturated carbocycles. The number of hydrogen-bond donors (Lipinski definition) is 1. The van der Waals surface area contributed by atoms with E-state index in [1.165, 1.54) is 0 Å². The molecule has 1 N–H and O–H groups in total. The van der Waals surface area contributed by atoms with Gasteiger partial charge in [0.2, 0.25) is 0 Å². The quantitative estimate of drug-likeness (QED) is 0.458. The molecule has 0 amide bonds. The van der Waals surface area contributed by atoms with Gasteiger partial charge in [-0.25, -0.2) is 0 Å². The predicted octanol–water partition coefficient (Wildman–Crippen LogP) is 2.87. The van der Waals surface area contributed by atoms with E-state index in [0.29, 0.717) is 12.1 Å². The predicted molar refractivity (Wildman–Crippen MR) is 60.8 cm³/mol. The van der Waals surface area contributed by atoms with Crippen molar-refractivity contribution in [1.82, 2.24) is 0 Å². The van der Waals surface area contributed by atoms with Gasteiger partial charge in [0.25, 0.3) is 0 Å². The van der Waals surface area contributed by atoms with Gasteiger partial charge in [0.1, 0.15) is 5.75 Å². The Morgan fingerprint density at radius 3 is 2.93 bits per heavy atom. The summed E-state index contributed by atoms with van der Waals surface area (Å²) in [4.78, 5) is 0. The van der Waals surface area contributed by atoms with E-state index >= 15 is 0 Å². The Bertz CT molecular complexity index is 334. The molecule has 0 spiro atoms. The third kappa shape index (κ3) is 4.02. The highest BCUT2D eigenvalue weighted by atomic mass is 16.5. The van der Waals surface area contributed by atoms with Crippen molar-refractivity contribution in [2.45, 2.75) is 26.7 Å². The van der Waals surface area contributed by atoms with Crippen LogP contribution < -0.4 is 4.74 Å². The van der Waals surface area contributed by atoms with Crippen LogP contribution in [0, 0.1) is 0 Å². The lowest BCUT2D eigenvalue weighted by atomic mass is 10.1. The topological polar surface area (TPSA) is 41.8 Å². The van der Waals surface area contributed by atoms with Crippen molar-refractivity contribution < 1.29 is 9.94 Å². The van der Waals surface area contributed by atoms with Gasteiger partial charge in [-0.1, -0.05) is 24.2 Å². The highest BCUT2D eigenvalue weighted by Crippen LogP contribution is 2.14. The zero-order valence-corrected chi connectivity index (χ0v) is 9.23. The normalized spacial score (nSPS) is 11.5. The van der Waals surface area contributed by atoms with Gasteiger partial charge >= 0.3 is 0 Å². The summed E-state index contributed by atoms with van der Waals surface area (Å²) in [6.07, 6.45) is 1.65. The fourth-order valence-corrected chi connectivity index (χ4v) is 1.30. The first kappa shape index (κ1) is 11.6. The first-order chi connectivity index (χ1) is 7.26. The molecule has 82 valence electrons. The molecule has 0 radical (unpaired) electrons. The molecule has 0 aliphatic carbocycles. The second-order valence-corrected chi connectivity index (χ2v) is 3.51. The third-order valence-corrected chi connectivity index (χ3v) is 2.00. The van der Waals surface area contributed by atoms with Gasteiger partial charge in [-0.2, -0.15) is 0 Å². The summed E-state index contributed by atoms with van der Waals surface area (Å²) in [5, 5.41) is 11.7. The molecule has 0 fully saturated rings. The smallest absolute Gasteiger partial charge is 0.119 e. The van der Waals surface area contributed by atoms with Gasteiger partial charge in [0, 0.05) is 6.42 Å². The van der Waals surface area contributed by atoms with Crippen LogP contribution >= 0.6 is 0 Å². The molecule has 15 heavy (non-hydrogen) atoms. The van der Waals surface area contributed by atoms with E-state index in [0.717, 1.165) is 24.3 Å². The minimum atomic E-state index is 0.653. The first-order valence-electron chi connectivity index (χ1n) is 5.15. The summed E-state index contributed by atoms with van der Waals surface area (Å²) in [7, 11) is 0. The summed E-state index contributed by atoms with van der Waals surface area (Å²) in [5.74, 6) is 0.875. The molecule has 1 rings (SSSR count). The van der Waals surface area contributed by atoms with Gasteiger partial charge < -0.3 is 9.94 Å². The molecule has 0 bridgehead atoms. The average Bonchev–Trinajstić information content (AvgIpc) is 2.26. The first-order valence-corrected chi connectivity index (χ1v) is 5.15. The highest BCUT2D eigenvalue weighted by Gasteiger charge is 1.99. The number of nitrogens with zero attached hydrogens (tertiary/aromatic N) is 1. The molecule has 0 atom stereocenters. The number of benzene rings is 1. The Morgan fingerprint density at radius 2 is 2.27 bits per heavy atom. The van der Waals surface area contributed by atoms with E-state index in [2.05, 4.69) is 12.1 Å². The van der Waals surface area contributed by atoms with Gasteiger partial charge in [-0.15, -0.1) is 0 Å². The van der Waals surface area contributed by atoms with Gasteiger partial charge in [-0.05, 0) is 31.0 Å². The monoisotopic (exact) mass is 207 g/mol. The molecule has 0 saturated heterocycles. The molecule has 3 heteroatoms. The SMILES string of the molecule is CCCOc1cccc(C/C(C)=N/O)c1. The minimum Gasteiger partial charge on any atom is -0.494 e. The molecule has 3 nitrogen and oxygen atoms in total. The summed E-state index contributed by atoms with van der Waals surface area (Å²) in [6.45, 7) is 4.60. The average molecular weight is 207 g/mol. The Kier molecular flexibility index (Phi) is 4.68. The van der Waals surface area contributed by atoms with Gasteiger partial charge in [-0.3, -0.25) is 0 Å². The van der Waals surface area contributed by atoms with Crippen LogP contribution in [0.5, 0.6) is 5.75 Å². The van der Waals surface area contributed by atoms with E-state index in [9.17, 15) is 0 Å². The maximum Gasteiger partial charge on any atom is 0.119 e. The van der Waals surface area contributed by atoms with Crippen molar-refractivity contribution in [3.05, 3.63) is 29.8 Å². The fraction of sp³-hybridized carbons (Fsp3) is 0.417. The second-order valence-electron chi connectivity index (χ2n) is 3.51. The molecule has 0 aromatic heterocycles. The largest absolute Gasteiger partial charge is 0.494 e. The van der Waals surface area contributed by atoms with Gasteiger partial charge in [0.05, 0.1) is 12.3 Å². The van der Waals surface area contributed by atoms with Crippen molar-refractivity contribution >= 4 is 5.71 Å². The van der Waals surface area contributed by atoms with Crippen LogP contribution in [0.2, 0.25) is 0 Å². The Hall–Kier alpha value is -1.51. The van der Waals surface area contributed by atoms with Crippen LogP contribution in [0.25, 0.3) is 0 Å². The zero-order valence-electron chi connectivity index (χ0n) is 9.23. The lowest BCUT2D eigenvalue weighted by Gasteiger charge is -2.06. The van der Waals surface area contributed by atoms with Crippen LogP contribution in [0.4, 0.5) is 0 Å². The van der Waals surface area contributed by atoms with Crippen LogP contribution in [-0.4, -0.2) is 17.5 Å². The van der Waals surface area contributed by atoms with Crippen LogP contribution in [0.15, 0.2) is 29.4 Å². The molecular weight excluding hydrogens is 190 g/mol. The molecule has 0 aliphatic rings. The maximum absolute atomic E-state index is 8.56. The van der Waals surface area contributed by atoms with Crippen molar-refractivity contribution in [3.63, 3.8) is 0 Å². The highest BCUT2D eigenvalue weighted by molar-refractivity contribution is 5.83. The molecular formula is C12H17NO2. The van der Waals surface area contributed by atoms with Crippen LogP contribution in [0.3, 0.4) is 0 Å². The van der Waals surface area contributed by atoms with Crippen molar-refractivity contribution in [2.24, 2.45) is 5.16 Å². The van der Waals surface area contributed by atoms with Crippen molar-refractivity contribution in [2.75, 3.05) is 6.61 Å². The van der Waals surface area contributed by atoms with E-state index < -0.39 is 0 Å². The fourth-order valence-electron chi connectivity index (χ4n) is 1.30. The van der Waals surface area contributed by atoms with E-state index in [1.54, 1.807) is 6.92 Å². The van der Waals surface area contributed by atoms with Crippen LogP contribution in [-0.2, 0) is 6.42 Å². The Labute approximate surface area is 90.4 Å². The standard InChI is InChI=1S/C12H17NO2/c1-3-7-15-12-6-4-5-11(9-12)8-10(2)13-14/h4-6,9,14H,3,7-8H2,1-2H3/b13-10+. The minimum absolute atomic E-state index is 0.653. The zero-order chi connectivity index (χ0) is 11.1. The van der Waals surface area contributed by atoms with Crippen molar-refractivity contribution in [3.8, 4) is 5.75 Å². The second kappa shape index (κ2) is 6.06. The Balaban J connectivity index is 2.65. The van der Waals surface area contributed by atoms with E-state index in [-0.39, 0.29) is 0 Å². The van der Waals surface area contributed by atoms with Crippen molar-refractivity contribution in [1.29, 1.82) is 0 Å². The number of hydrogen-bond acceptors (Lipinski definition) is 3. The molecule has 0 unspecified atom stereocenters. The molecule has 0 aliphatic heterocycles. The summed E-state index contributed by atoms with van der Waals surface area (Å²) < 4.78 is 5.51. The summed E-state index contributed by atoms with van der Waals surface area (Å²) in [5.41, 5.74) is 1.79.